The van der Waals surface area contributed by atoms with E-state index in [2.05, 4.69) is 4.98 Å². The van der Waals surface area contributed by atoms with Crippen LogP contribution in [0.3, 0.4) is 0 Å². The van der Waals surface area contributed by atoms with Gasteiger partial charge in [0.1, 0.15) is 6.04 Å². The molecule has 1 N–H and O–H groups in total. The van der Waals surface area contributed by atoms with Crippen molar-refractivity contribution in [2.45, 2.75) is 12.6 Å². The van der Waals surface area contributed by atoms with Crippen molar-refractivity contribution >= 4 is 5.97 Å². The maximum absolute atomic E-state index is 10.5. The fourth-order valence-corrected chi connectivity index (χ4v) is 1.28. The monoisotopic (exact) mass is 178 g/mol. The Morgan fingerprint density at radius 2 is 2.54 bits per heavy atom. The van der Waals surface area contributed by atoms with Crippen LogP contribution in [0.25, 0.3) is 0 Å². The van der Waals surface area contributed by atoms with Gasteiger partial charge in [-0.05, 0) is 12.1 Å². The van der Waals surface area contributed by atoms with Crippen molar-refractivity contribution in [3.8, 4) is 0 Å². The molecule has 1 saturated heterocycles. The van der Waals surface area contributed by atoms with Gasteiger partial charge in [0.05, 0.1) is 5.69 Å². The number of carboxylic acid groups (broad SMARTS) is 1. The molecule has 0 aliphatic carbocycles. The molecule has 1 aromatic rings. The molecule has 0 spiro atoms. The van der Waals surface area contributed by atoms with Crippen LogP contribution in [0.1, 0.15) is 5.69 Å². The van der Waals surface area contributed by atoms with E-state index >= 15 is 0 Å². The van der Waals surface area contributed by atoms with E-state index in [0.717, 1.165) is 5.69 Å². The average molecular weight is 178 g/mol. The molecule has 2 atom stereocenters. The van der Waals surface area contributed by atoms with Crippen LogP contribution in [0.5, 0.6) is 0 Å². The Balaban J connectivity index is 1.92. The van der Waals surface area contributed by atoms with E-state index in [1.165, 1.54) is 0 Å². The molecule has 0 bridgehead atoms. The van der Waals surface area contributed by atoms with Gasteiger partial charge >= 0.3 is 5.97 Å². The average Bonchev–Trinajstić information content (AvgIpc) is 2.86. The minimum Gasteiger partial charge on any atom is -0.480 e. The number of carboxylic acids is 1. The lowest BCUT2D eigenvalue weighted by Gasteiger charge is -1.99. The van der Waals surface area contributed by atoms with Gasteiger partial charge in [0, 0.05) is 19.3 Å². The second kappa shape index (κ2) is 3.14. The van der Waals surface area contributed by atoms with Gasteiger partial charge in [0.15, 0.2) is 0 Å². The van der Waals surface area contributed by atoms with Crippen molar-refractivity contribution in [2.75, 3.05) is 6.54 Å². The Labute approximate surface area is 75.8 Å². The smallest absolute Gasteiger partial charge is 0.322 e. The maximum atomic E-state index is 10.5. The summed E-state index contributed by atoms with van der Waals surface area (Å²) in [4.78, 5) is 16.5. The Bertz CT molecular complexity index is 313. The molecule has 0 saturated carbocycles. The molecule has 68 valence electrons. The summed E-state index contributed by atoms with van der Waals surface area (Å²) in [5, 5.41) is 8.64. The fraction of sp³-hybridized carbons (Fsp3) is 0.333. The molecular weight excluding hydrogens is 168 g/mol. The summed E-state index contributed by atoms with van der Waals surface area (Å²) in [6.45, 7) is 1.28. The van der Waals surface area contributed by atoms with Gasteiger partial charge in [0.25, 0.3) is 0 Å². The Morgan fingerprint density at radius 1 is 1.69 bits per heavy atom. The molecule has 2 unspecified atom stereocenters. The van der Waals surface area contributed by atoms with Gasteiger partial charge < -0.3 is 5.11 Å². The fourth-order valence-electron chi connectivity index (χ4n) is 1.28. The predicted molar refractivity (Wildman–Crippen MR) is 46.1 cm³/mol. The molecule has 0 amide bonds. The maximum Gasteiger partial charge on any atom is 0.322 e. The van der Waals surface area contributed by atoms with Crippen molar-refractivity contribution in [2.24, 2.45) is 0 Å². The van der Waals surface area contributed by atoms with E-state index in [1.807, 2.05) is 23.1 Å². The van der Waals surface area contributed by atoms with E-state index in [4.69, 9.17) is 5.11 Å². The van der Waals surface area contributed by atoms with Gasteiger partial charge in [-0.25, -0.2) is 0 Å². The zero-order valence-electron chi connectivity index (χ0n) is 7.05. The first-order valence-corrected chi connectivity index (χ1v) is 4.14. The van der Waals surface area contributed by atoms with Crippen LogP contribution in [-0.4, -0.2) is 33.5 Å². The number of aromatic nitrogens is 1. The van der Waals surface area contributed by atoms with E-state index < -0.39 is 5.97 Å². The molecule has 1 aliphatic heterocycles. The first-order chi connectivity index (χ1) is 6.27. The summed E-state index contributed by atoms with van der Waals surface area (Å²) in [6, 6.07) is 5.36. The molecule has 1 fully saturated rings. The number of aliphatic carboxylic acids is 1. The lowest BCUT2D eigenvalue weighted by atomic mass is 10.3. The third-order valence-electron chi connectivity index (χ3n) is 2.09. The molecule has 1 aromatic heterocycles. The number of hydrogen-bond acceptors (Lipinski definition) is 3. The Hall–Kier alpha value is -1.42. The molecule has 2 heterocycles. The largest absolute Gasteiger partial charge is 0.480 e. The number of rotatable bonds is 3. The lowest BCUT2D eigenvalue weighted by molar-refractivity contribution is -0.137. The highest BCUT2D eigenvalue weighted by Crippen LogP contribution is 2.19. The quantitative estimate of drug-likeness (QED) is 0.678. The van der Waals surface area contributed by atoms with Crippen LogP contribution in [0.4, 0.5) is 0 Å². The van der Waals surface area contributed by atoms with Gasteiger partial charge in [0.2, 0.25) is 0 Å². The Morgan fingerprint density at radius 3 is 3.08 bits per heavy atom. The molecule has 4 nitrogen and oxygen atoms in total. The van der Waals surface area contributed by atoms with Gasteiger partial charge in [-0.3, -0.25) is 14.7 Å². The van der Waals surface area contributed by atoms with E-state index in [-0.39, 0.29) is 6.04 Å². The summed E-state index contributed by atoms with van der Waals surface area (Å²) >= 11 is 0. The zero-order valence-corrected chi connectivity index (χ0v) is 7.05. The first-order valence-electron chi connectivity index (χ1n) is 4.14. The van der Waals surface area contributed by atoms with Crippen LogP contribution < -0.4 is 0 Å². The summed E-state index contributed by atoms with van der Waals surface area (Å²) in [5.74, 6) is -0.740. The lowest BCUT2D eigenvalue weighted by Crippen LogP contribution is -2.11. The number of nitrogens with zero attached hydrogens (tertiary/aromatic N) is 2. The molecule has 13 heavy (non-hydrogen) atoms. The number of hydrogen-bond donors (Lipinski definition) is 1. The van der Waals surface area contributed by atoms with Crippen LogP contribution in [-0.2, 0) is 11.3 Å². The molecule has 0 radical (unpaired) electrons. The zero-order chi connectivity index (χ0) is 9.26. The SMILES string of the molecule is O=C(O)C1CN1Cc1ccccn1. The molecule has 0 aromatic carbocycles. The normalized spacial score (nSPS) is 25.5. The first kappa shape index (κ1) is 8.19. The summed E-state index contributed by atoms with van der Waals surface area (Å²) < 4.78 is 0. The van der Waals surface area contributed by atoms with Crippen LogP contribution in [0.15, 0.2) is 24.4 Å². The summed E-state index contributed by atoms with van der Waals surface area (Å²) in [5.41, 5.74) is 0.922. The van der Waals surface area contributed by atoms with Gasteiger partial charge in [-0.2, -0.15) is 0 Å². The molecule has 1 aliphatic rings. The number of pyridine rings is 1. The van der Waals surface area contributed by atoms with E-state index in [1.54, 1.807) is 6.20 Å². The Kier molecular flexibility index (Phi) is 1.98. The second-order valence-corrected chi connectivity index (χ2v) is 3.10. The van der Waals surface area contributed by atoms with E-state index in [9.17, 15) is 4.79 Å². The van der Waals surface area contributed by atoms with Crippen molar-refractivity contribution in [1.29, 1.82) is 0 Å². The van der Waals surface area contributed by atoms with Gasteiger partial charge in [-0.1, -0.05) is 6.07 Å². The minimum absolute atomic E-state index is 0.290. The molecular formula is C9H10N2O2. The van der Waals surface area contributed by atoms with E-state index in [0.29, 0.717) is 13.1 Å². The van der Waals surface area contributed by atoms with Crippen LogP contribution >= 0.6 is 0 Å². The second-order valence-electron chi connectivity index (χ2n) is 3.10. The molecule has 4 heteroatoms. The molecule has 2 rings (SSSR count). The van der Waals surface area contributed by atoms with Gasteiger partial charge in [-0.15, -0.1) is 0 Å². The minimum atomic E-state index is -0.740. The van der Waals surface area contributed by atoms with Crippen molar-refractivity contribution < 1.29 is 9.90 Å². The van der Waals surface area contributed by atoms with Crippen molar-refractivity contribution in [1.82, 2.24) is 9.88 Å². The van der Waals surface area contributed by atoms with Crippen LogP contribution in [0, 0.1) is 0 Å². The number of carbonyl (C=O) groups is 1. The standard InChI is InChI=1S/C9H10N2O2/c12-9(13)8-6-11(8)5-7-3-1-2-4-10-7/h1-4,8H,5-6H2,(H,12,13). The highest BCUT2D eigenvalue weighted by atomic mass is 16.4. The topological polar surface area (TPSA) is 53.2 Å². The predicted octanol–water partition coefficient (Wildman–Crippen LogP) is 0.350. The van der Waals surface area contributed by atoms with Crippen LogP contribution in [0.2, 0.25) is 0 Å². The van der Waals surface area contributed by atoms with Crippen molar-refractivity contribution in [3.05, 3.63) is 30.1 Å². The summed E-state index contributed by atoms with van der Waals surface area (Å²) in [6.07, 6.45) is 1.72. The summed E-state index contributed by atoms with van der Waals surface area (Å²) in [7, 11) is 0. The third-order valence-corrected chi connectivity index (χ3v) is 2.09. The highest BCUT2D eigenvalue weighted by Gasteiger charge is 2.40. The third kappa shape index (κ3) is 1.84. The highest BCUT2D eigenvalue weighted by molar-refractivity contribution is 5.76. The van der Waals surface area contributed by atoms with Crippen molar-refractivity contribution in [3.63, 3.8) is 0 Å².